The molecule has 1 aromatic rings. The van der Waals surface area contributed by atoms with Crippen molar-refractivity contribution in [3.8, 4) is 0 Å². The van der Waals surface area contributed by atoms with Crippen LogP contribution in [0.4, 0.5) is 0 Å². The minimum absolute atomic E-state index is 0.360. The van der Waals surface area contributed by atoms with Crippen LogP contribution in [0, 0.1) is 6.92 Å². The molecular weight excluding hydrogens is 214 g/mol. The molecule has 1 rings (SSSR count). The molecule has 0 radical (unpaired) electrons. The van der Waals surface area contributed by atoms with E-state index in [0.717, 1.165) is 18.7 Å². The molecule has 3 heteroatoms. The number of carbonyl (C=O) groups is 1. The Kier molecular flexibility index (Phi) is 4.70. The second kappa shape index (κ2) is 5.82. The minimum atomic E-state index is -0.865. The van der Waals surface area contributed by atoms with Crippen molar-refractivity contribution in [2.45, 2.75) is 40.3 Å². The van der Waals surface area contributed by atoms with E-state index in [9.17, 15) is 4.79 Å². The molecule has 0 aromatic heterocycles. The SMILES string of the molecule is CCN(Cc1ccc(C(=O)O)cc1C)C(C)C. The van der Waals surface area contributed by atoms with Crippen LogP contribution in [0.3, 0.4) is 0 Å². The number of aryl methyl sites for hydroxylation is 1. The second-order valence-electron chi connectivity index (χ2n) is 4.60. The molecule has 0 bridgehead atoms. The summed E-state index contributed by atoms with van der Waals surface area (Å²) < 4.78 is 0. The summed E-state index contributed by atoms with van der Waals surface area (Å²) in [5.74, 6) is -0.865. The highest BCUT2D eigenvalue weighted by Gasteiger charge is 2.11. The van der Waals surface area contributed by atoms with Crippen LogP contribution in [0.25, 0.3) is 0 Å². The van der Waals surface area contributed by atoms with Gasteiger partial charge in [0.15, 0.2) is 0 Å². The van der Waals surface area contributed by atoms with Crippen molar-refractivity contribution >= 4 is 5.97 Å². The lowest BCUT2D eigenvalue weighted by atomic mass is 10.0. The summed E-state index contributed by atoms with van der Waals surface area (Å²) in [4.78, 5) is 13.2. The van der Waals surface area contributed by atoms with Crippen molar-refractivity contribution in [2.24, 2.45) is 0 Å². The molecule has 0 atom stereocenters. The Morgan fingerprint density at radius 2 is 2.06 bits per heavy atom. The van der Waals surface area contributed by atoms with Crippen molar-refractivity contribution in [3.05, 3.63) is 34.9 Å². The largest absolute Gasteiger partial charge is 0.478 e. The minimum Gasteiger partial charge on any atom is -0.478 e. The summed E-state index contributed by atoms with van der Waals surface area (Å²) in [5.41, 5.74) is 2.60. The Morgan fingerprint density at radius 1 is 1.41 bits per heavy atom. The van der Waals surface area contributed by atoms with Gasteiger partial charge in [-0.3, -0.25) is 4.90 Å². The van der Waals surface area contributed by atoms with Crippen LogP contribution in [-0.2, 0) is 6.54 Å². The summed E-state index contributed by atoms with van der Waals surface area (Å²) in [6.45, 7) is 10.3. The molecule has 0 aliphatic heterocycles. The summed E-state index contributed by atoms with van der Waals surface area (Å²) >= 11 is 0. The Hall–Kier alpha value is -1.35. The van der Waals surface area contributed by atoms with E-state index in [4.69, 9.17) is 5.11 Å². The number of carboxylic acids is 1. The normalized spacial score (nSPS) is 11.2. The molecule has 1 aromatic carbocycles. The van der Waals surface area contributed by atoms with Crippen molar-refractivity contribution < 1.29 is 9.90 Å². The highest BCUT2D eigenvalue weighted by atomic mass is 16.4. The molecule has 0 heterocycles. The summed E-state index contributed by atoms with van der Waals surface area (Å²) in [6, 6.07) is 5.84. The number of rotatable bonds is 5. The molecule has 3 nitrogen and oxygen atoms in total. The van der Waals surface area contributed by atoms with Gasteiger partial charge in [-0.1, -0.05) is 13.0 Å². The van der Waals surface area contributed by atoms with Gasteiger partial charge in [-0.05, 0) is 50.6 Å². The number of aromatic carboxylic acids is 1. The average molecular weight is 235 g/mol. The summed E-state index contributed by atoms with van der Waals surface area (Å²) in [5, 5.41) is 8.91. The molecule has 0 fully saturated rings. The smallest absolute Gasteiger partial charge is 0.335 e. The number of hydrogen-bond acceptors (Lipinski definition) is 2. The lowest BCUT2D eigenvalue weighted by Crippen LogP contribution is -2.30. The van der Waals surface area contributed by atoms with E-state index in [1.165, 1.54) is 5.56 Å². The van der Waals surface area contributed by atoms with E-state index >= 15 is 0 Å². The predicted octanol–water partition coefficient (Wildman–Crippen LogP) is 2.92. The Bertz CT molecular complexity index is 399. The third kappa shape index (κ3) is 3.56. The van der Waals surface area contributed by atoms with E-state index in [1.54, 1.807) is 12.1 Å². The number of carboxylic acid groups (broad SMARTS) is 1. The number of nitrogens with zero attached hydrogens (tertiary/aromatic N) is 1. The molecule has 0 unspecified atom stereocenters. The molecule has 0 aliphatic carbocycles. The van der Waals surface area contributed by atoms with Crippen molar-refractivity contribution in [2.75, 3.05) is 6.54 Å². The predicted molar refractivity (Wildman–Crippen MR) is 69.4 cm³/mol. The van der Waals surface area contributed by atoms with Gasteiger partial charge in [0.05, 0.1) is 5.56 Å². The monoisotopic (exact) mass is 235 g/mol. The third-order valence-corrected chi connectivity index (χ3v) is 3.10. The quantitative estimate of drug-likeness (QED) is 0.853. The second-order valence-corrected chi connectivity index (χ2v) is 4.60. The van der Waals surface area contributed by atoms with Gasteiger partial charge in [0, 0.05) is 12.6 Å². The fourth-order valence-corrected chi connectivity index (χ4v) is 1.88. The zero-order chi connectivity index (χ0) is 13.0. The van der Waals surface area contributed by atoms with Crippen LogP contribution < -0.4 is 0 Å². The lowest BCUT2D eigenvalue weighted by molar-refractivity contribution is 0.0696. The van der Waals surface area contributed by atoms with E-state index in [1.807, 2.05) is 13.0 Å². The summed E-state index contributed by atoms with van der Waals surface area (Å²) in [6.07, 6.45) is 0. The molecule has 0 amide bonds. The van der Waals surface area contributed by atoms with Crippen molar-refractivity contribution in [1.82, 2.24) is 4.90 Å². The van der Waals surface area contributed by atoms with Crippen LogP contribution in [0.2, 0.25) is 0 Å². The molecule has 0 aliphatic rings. The van der Waals surface area contributed by atoms with E-state index < -0.39 is 5.97 Å². The average Bonchev–Trinajstić information content (AvgIpc) is 2.26. The highest BCUT2D eigenvalue weighted by Crippen LogP contribution is 2.15. The van der Waals surface area contributed by atoms with Gasteiger partial charge in [-0.25, -0.2) is 4.79 Å². The highest BCUT2D eigenvalue weighted by molar-refractivity contribution is 5.87. The fraction of sp³-hybridized carbons (Fsp3) is 0.500. The van der Waals surface area contributed by atoms with Crippen LogP contribution in [0.5, 0.6) is 0 Å². The maximum atomic E-state index is 10.8. The fourth-order valence-electron chi connectivity index (χ4n) is 1.88. The topological polar surface area (TPSA) is 40.5 Å². The van der Waals surface area contributed by atoms with Crippen LogP contribution in [0.15, 0.2) is 18.2 Å². The van der Waals surface area contributed by atoms with Crippen molar-refractivity contribution in [1.29, 1.82) is 0 Å². The van der Waals surface area contributed by atoms with E-state index in [-0.39, 0.29) is 0 Å². The molecule has 94 valence electrons. The van der Waals surface area contributed by atoms with Gasteiger partial charge in [-0.15, -0.1) is 0 Å². The maximum absolute atomic E-state index is 10.8. The van der Waals surface area contributed by atoms with E-state index in [2.05, 4.69) is 25.7 Å². The first-order chi connectivity index (χ1) is 7.95. The molecule has 0 spiro atoms. The van der Waals surface area contributed by atoms with Gasteiger partial charge in [0.2, 0.25) is 0 Å². The number of benzene rings is 1. The number of hydrogen-bond donors (Lipinski definition) is 1. The van der Waals surface area contributed by atoms with Gasteiger partial charge < -0.3 is 5.11 Å². The Labute approximate surface area is 103 Å². The van der Waals surface area contributed by atoms with Gasteiger partial charge in [-0.2, -0.15) is 0 Å². The standard InChI is InChI=1S/C14H21NO2/c1-5-15(10(2)3)9-13-7-6-12(14(16)17)8-11(13)4/h6-8,10H,5,9H2,1-4H3,(H,16,17). The first kappa shape index (κ1) is 13.7. The van der Waals surface area contributed by atoms with E-state index in [0.29, 0.717) is 11.6 Å². The van der Waals surface area contributed by atoms with Crippen LogP contribution in [-0.4, -0.2) is 28.6 Å². The maximum Gasteiger partial charge on any atom is 0.335 e. The molecule has 0 saturated carbocycles. The summed E-state index contributed by atoms with van der Waals surface area (Å²) in [7, 11) is 0. The third-order valence-electron chi connectivity index (χ3n) is 3.10. The van der Waals surface area contributed by atoms with Gasteiger partial charge in [0.1, 0.15) is 0 Å². The van der Waals surface area contributed by atoms with Gasteiger partial charge >= 0.3 is 5.97 Å². The van der Waals surface area contributed by atoms with Crippen molar-refractivity contribution in [3.63, 3.8) is 0 Å². The van der Waals surface area contributed by atoms with Crippen LogP contribution >= 0.6 is 0 Å². The zero-order valence-corrected chi connectivity index (χ0v) is 11.0. The molecular formula is C14H21NO2. The Morgan fingerprint density at radius 3 is 2.47 bits per heavy atom. The van der Waals surface area contributed by atoms with Crippen LogP contribution in [0.1, 0.15) is 42.3 Å². The molecule has 17 heavy (non-hydrogen) atoms. The molecule has 1 N–H and O–H groups in total. The first-order valence-electron chi connectivity index (χ1n) is 6.02. The molecule has 0 saturated heterocycles. The van der Waals surface area contributed by atoms with Gasteiger partial charge in [0.25, 0.3) is 0 Å². The first-order valence-corrected chi connectivity index (χ1v) is 6.02. The lowest BCUT2D eigenvalue weighted by Gasteiger charge is -2.25. The zero-order valence-electron chi connectivity index (χ0n) is 11.0. The Balaban J connectivity index is 2.89.